The second kappa shape index (κ2) is 4.08. The van der Waals surface area contributed by atoms with Gasteiger partial charge in [0, 0.05) is 0 Å². The number of hydrogen-bond acceptors (Lipinski definition) is 2. The maximum atomic E-state index is 5.09. The summed E-state index contributed by atoms with van der Waals surface area (Å²) in [6.07, 6.45) is 6.74. The summed E-state index contributed by atoms with van der Waals surface area (Å²) in [6, 6.07) is 3.83. The summed E-state index contributed by atoms with van der Waals surface area (Å²) in [5, 5.41) is 0. The standard InChI is InChI=1S/C8H8OS/c1-2-6-10-7-8-4-3-5-9-8/h1,3-5H,6-7H2. The molecule has 0 aliphatic carbocycles. The molecule has 0 bridgehead atoms. The summed E-state index contributed by atoms with van der Waals surface area (Å²) < 4.78 is 5.09. The molecule has 0 aliphatic heterocycles. The summed E-state index contributed by atoms with van der Waals surface area (Å²) >= 11 is 1.68. The fraction of sp³-hybridized carbons (Fsp3) is 0.250. The molecule has 1 rings (SSSR count). The van der Waals surface area contributed by atoms with Crippen molar-refractivity contribution in [1.82, 2.24) is 0 Å². The maximum Gasteiger partial charge on any atom is 0.113 e. The lowest BCUT2D eigenvalue weighted by atomic mass is 10.5. The Balaban J connectivity index is 2.23. The monoisotopic (exact) mass is 152 g/mol. The van der Waals surface area contributed by atoms with Crippen molar-refractivity contribution in [2.45, 2.75) is 5.75 Å². The molecule has 0 saturated carbocycles. The van der Waals surface area contributed by atoms with Crippen LogP contribution in [0.4, 0.5) is 0 Å². The van der Waals surface area contributed by atoms with Crippen LogP contribution in [0.5, 0.6) is 0 Å². The van der Waals surface area contributed by atoms with Crippen LogP contribution >= 0.6 is 11.8 Å². The minimum absolute atomic E-state index is 0.751. The molecule has 0 fully saturated rings. The van der Waals surface area contributed by atoms with Gasteiger partial charge in [0.05, 0.1) is 17.8 Å². The van der Waals surface area contributed by atoms with Gasteiger partial charge in [0.1, 0.15) is 5.76 Å². The van der Waals surface area contributed by atoms with E-state index in [0.717, 1.165) is 17.3 Å². The third-order valence-electron chi connectivity index (χ3n) is 1.01. The molecule has 1 heterocycles. The fourth-order valence-corrected chi connectivity index (χ4v) is 1.19. The van der Waals surface area contributed by atoms with Gasteiger partial charge in [-0.05, 0) is 12.1 Å². The van der Waals surface area contributed by atoms with Crippen LogP contribution < -0.4 is 0 Å². The van der Waals surface area contributed by atoms with Gasteiger partial charge in [-0.3, -0.25) is 0 Å². The van der Waals surface area contributed by atoms with E-state index in [-0.39, 0.29) is 0 Å². The molecule has 1 aromatic heterocycles. The maximum absolute atomic E-state index is 5.09. The Kier molecular flexibility index (Phi) is 2.98. The molecule has 0 aliphatic rings. The molecule has 0 spiro atoms. The van der Waals surface area contributed by atoms with E-state index >= 15 is 0 Å². The normalized spacial score (nSPS) is 9.10. The van der Waals surface area contributed by atoms with E-state index < -0.39 is 0 Å². The summed E-state index contributed by atoms with van der Waals surface area (Å²) in [7, 11) is 0. The van der Waals surface area contributed by atoms with Crippen LogP contribution in [0.1, 0.15) is 5.76 Å². The summed E-state index contributed by atoms with van der Waals surface area (Å²) in [4.78, 5) is 0. The van der Waals surface area contributed by atoms with E-state index in [1.54, 1.807) is 18.0 Å². The van der Waals surface area contributed by atoms with E-state index in [1.807, 2.05) is 12.1 Å². The first kappa shape index (κ1) is 7.30. The summed E-state index contributed by atoms with van der Waals surface area (Å²) in [5.41, 5.74) is 0. The van der Waals surface area contributed by atoms with Gasteiger partial charge in [0.15, 0.2) is 0 Å². The molecule has 0 amide bonds. The second-order valence-electron chi connectivity index (χ2n) is 1.78. The predicted octanol–water partition coefficient (Wildman–Crippen LogP) is 2.15. The Morgan fingerprint density at radius 2 is 2.60 bits per heavy atom. The highest BCUT2D eigenvalue weighted by atomic mass is 32.2. The van der Waals surface area contributed by atoms with Crippen molar-refractivity contribution in [2.24, 2.45) is 0 Å². The minimum Gasteiger partial charge on any atom is -0.468 e. The van der Waals surface area contributed by atoms with E-state index in [4.69, 9.17) is 10.8 Å². The Morgan fingerprint density at radius 3 is 3.20 bits per heavy atom. The zero-order valence-corrected chi connectivity index (χ0v) is 6.36. The van der Waals surface area contributed by atoms with E-state index in [0.29, 0.717) is 0 Å². The molecule has 10 heavy (non-hydrogen) atoms. The number of furan rings is 1. The zero-order valence-electron chi connectivity index (χ0n) is 5.54. The van der Waals surface area contributed by atoms with Gasteiger partial charge in [-0.1, -0.05) is 5.92 Å². The lowest BCUT2D eigenvalue weighted by Crippen LogP contribution is -1.75. The molecule has 0 atom stereocenters. The van der Waals surface area contributed by atoms with Crippen LogP contribution in [-0.4, -0.2) is 5.75 Å². The SMILES string of the molecule is C#CCSCc1ccco1. The highest BCUT2D eigenvalue weighted by Crippen LogP contribution is 2.10. The largest absolute Gasteiger partial charge is 0.468 e. The van der Waals surface area contributed by atoms with Gasteiger partial charge in [-0.15, -0.1) is 18.2 Å². The van der Waals surface area contributed by atoms with Gasteiger partial charge < -0.3 is 4.42 Å². The zero-order chi connectivity index (χ0) is 7.23. The van der Waals surface area contributed by atoms with Crippen molar-refractivity contribution in [3.05, 3.63) is 24.2 Å². The highest BCUT2D eigenvalue weighted by Gasteiger charge is 1.92. The van der Waals surface area contributed by atoms with Crippen molar-refractivity contribution in [3.8, 4) is 12.3 Å². The van der Waals surface area contributed by atoms with Crippen LogP contribution in [0.15, 0.2) is 22.8 Å². The fourth-order valence-electron chi connectivity index (χ4n) is 0.605. The molecule has 1 aromatic rings. The van der Waals surface area contributed by atoms with Gasteiger partial charge in [0.2, 0.25) is 0 Å². The average molecular weight is 152 g/mol. The minimum atomic E-state index is 0.751. The molecule has 0 N–H and O–H groups in total. The molecule has 0 aromatic carbocycles. The lowest BCUT2D eigenvalue weighted by Gasteiger charge is -1.90. The molecule has 52 valence electrons. The van der Waals surface area contributed by atoms with Crippen LogP contribution in [0.3, 0.4) is 0 Å². The Morgan fingerprint density at radius 1 is 1.70 bits per heavy atom. The Labute approximate surface area is 64.8 Å². The van der Waals surface area contributed by atoms with Crippen molar-refractivity contribution in [2.75, 3.05) is 5.75 Å². The molecule has 0 unspecified atom stereocenters. The van der Waals surface area contributed by atoms with E-state index in [2.05, 4.69) is 5.92 Å². The average Bonchev–Trinajstić information content (AvgIpc) is 2.41. The van der Waals surface area contributed by atoms with Gasteiger partial charge in [-0.25, -0.2) is 0 Å². The third-order valence-corrected chi connectivity index (χ3v) is 1.87. The topological polar surface area (TPSA) is 13.1 Å². The summed E-state index contributed by atoms with van der Waals surface area (Å²) in [6.45, 7) is 0. The van der Waals surface area contributed by atoms with E-state index in [9.17, 15) is 0 Å². The van der Waals surface area contributed by atoms with Gasteiger partial charge >= 0.3 is 0 Å². The first-order chi connectivity index (χ1) is 4.93. The summed E-state index contributed by atoms with van der Waals surface area (Å²) in [5.74, 6) is 5.16. The number of terminal acetylenes is 1. The molecule has 2 heteroatoms. The van der Waals surface area contributed by atoms with Crippen molar-refractivity contribution in [1.29, 1.82) is 0 Å². The number of thioether (sulfide) groups is 1. The smallest absolute Gasteiger partial charge is 0.113 e. The van der Waals surface area contributed by atoms with Crippen LogP contribution in [-0.2, 0) is 5.75 Å². The second-order valence-corrected chi connectivity index (χ2v) is 2.76. The van der Waals surface area contributed by atoms with Gasteiger partial charge in [0.25, 0.3) is 0 Å². The first-order valence-electron chi connectivity index (χ1n) is 2.97. The van der Waals surface area contributed by atoms with Crippen molar-refractivity contribution >= 4 is 11.8 Å². The molecular formula is C8H8OS. The quantitative estimate of drug-likeness (QED) is 0.486. The Bertz CT molecular complexity index is 208. The third kappa shape index (κ3) is 2.20. The van der Waals surface area contributed by atoms with E-state index in [1.165, 1.54) is 0 Å². The lowest BCUT2D eigenvalue weighted by molar-refractivity contribution is 0.530. The van der Waals surface area contributed by atoms with Crippen molar-refractivity contribution in [3.63, 3.8) is 0 Å². The van der Waals surface area contributed by atoms with Crippen LogP contribution in [0.2, 0.25) is 0 Å². The Hall–Kier alpha value is -0.810. The number of rotatable bonds is 3. The highest BCUT2D eigenvalue weighted by molar-refractivity contribution is 7.98. The molecule has 0 radical (unpaired) electrons. The van der Waals surface area contributed by atoms with Crippen LogP contribution in [0.25, 0.3) is 0 Å². The van der Waals surface area contributed by atoms with Gasteiger partial charge in [-0.2, -0.15) is 0 Å². The van der Waals surface area contributed by atoms with Crippen LogP contribution in [0, 0.1) is 12.3 Å². The molecule has 0 saturated heterocycles. The van der Waals surface area contributed by atoms with Crippen molar-refractivity contribution < 1.29 is 4.42 Å². The molecule has 1 nitrogen and oxygen atoms in total. The first-order valence-corrected chi connectivity index (χ1v) is 4.12. The predicted molar refractivity (Wildman–Crippen MR) is 43.7 cm³/mol. The number of hydrogen-bond donors (Lipinski definition) is 0. The molecular weight excluding hydrogens is 144 g/mol.